The maximum Gasteiger partial charge on any atom is 0.247 e. The zero-order valence-corrected chi connectivity index (χ0v) is 17.8. The molecule has 3 aromatic rings. The molecule has 0 spiro atoms. The molecule has 4 nitrogen and oxygen atoms in total. The highest BCUT2D eigenvalue weighted by atomic mass is 35.5. The normalized spacial score (nSPS) is 21.1. The number of fused-ring (bicyclic) bond motifs is 1. The van der Waals surface area contributed by atoms with Crippen LogP contribution in [0.3, 0.4) is 0 Å². The number of para-hydroxylation sites is 1. The fraction of sp³-hybridized carbons (Fsp3) is 0.217. The van der Waals surface area contributed by atoms with Crippen LogP contribution in [0.4, 0.5) is 0 Å². The van der Waals surface area contributed by atoms with Gasteiger partial charge in [0.15, 0.2) is 5.75 Å². The van der Waals surface area contributed by atoms with Crippen LogP contribution in [0.5, 0.6) is 5.75 Å². The zero-order chi connectivity index (χ0) is 20.6. The second-order valence-corrected chi connectivity index (χ2v) is 9.50. The van der Waals surface area contributed by atoms with Gasteiger partial charge in [-0.1, -0.05) is 72.3 Å². The summed E-state index contributed by atoms with van der Waals surface area (Å²) >= 11 is 6.37. The maximum atomic E-state index is 13.7. The van der Waals surface area contributed by atoms with Gasteiger partial charge >= 0.3 is 0 Å². The van der Waals surface area contributed by atoms with E-state index in [9.17, 15) is 8.42 Å². The van der Waals surface area contributed by atoms with E-state index in [0.717, 1.165) is 16.7 Å². The van der Waals surface area contributed by atoms with E-state index >= 15 is 0 Å². The summed E-state index contributed by atoms with van der Waals surface area (Å²) in [5, 5.41) is 0.289. The minimum Gasteiger partial charge on any atom is -0.481 e. The lowest BCUT2D eigenvalue weighted by Crippen LogP contribution is -2.41. The third-order valence-corrected chi connectivity index (χ3v) is 7.62. The van der Waals surface area contributed by atoms with Crippen molar-refractivity contribution in [2.75, 3.05) is 0 Å². The smallest absolute Gasteiger partial charge is 0.247 e. The largest absolute Gasteiger partial charge is 0.481 e. The van der Waals surface area contributed by atoms with Crippen molar-refractivity contribution in [1.29, 1.82) is 0 Å². The van der Waals surface area contributed by atoms with Gasteiger partial charge in [0, 0.05) is 6.54 Å². The predicted octanol–water partition coefficient (Wildman–Crippen LogP) is 5.36. The number of benzene rings is 3. The second kappa shape index (κ2) is 7.82. The van der Waals surface area contributed by atoms with Gasteiger partial charge in [0.05, 0.1) is 11.1 Å². The van der Waals surface area contributed by atoms with Gasteiger partial charge < -0.3 is 4.74 Å². The summed E-state index contributed by atoms with van der Waals surface area (Å²) in [7, 11) is -3.82. The number of halogens is 1. The summed E-state index contributed by atoms with van der Waals surface area (Å²) in [6, 6.07) is 21.9. The van der Waals surface area contributed by atoms with Crippen molar-refractivity contribution in [3.05, 3.63) is 94.5 Å². The van der Waals surface area contributed by atoms with Crippen LogP contribution in [0, 0.1) is 6.92 Å². The first-order chi connectivity index (χ1) is 13.9. The highest BCUT2D eigenvalue weighted by Gasteiger charge is 2.41. The van der Waals surface area contributed by atoms with Crippen LogP contribution in [0.1, 0.15) is 29.7 Å². The lowest BCUT2D eigenvalue weighted by atomic mass is 10.0. The number of aryl methyl sites for hydroxylation is 1. The molecular weight excluding hydrogens is 406 g/mol. The van der Waals surface area contributed by atoms with E-state index in [1.54, 1.807) is 18.2 Å². The number of nitrogens with zero attached hydrogens (tertiary/aromatic N) is 1. The highest BCUT2D eigenvalue weighted by molar-refractivity contribution is 7.89. The van der Waals surface area contributed by atoms with Crippen molar-refractivity contribution in [2.45, 2.75) is 37.4 Å². The van der Waals surface area contributed by atoms with E-state index in [-0.39, 0.29) is 22.2 Å². The molecule has 2 atom stereocenters. The Kier molecular flexibility index (Phi) is 5.38. The quantitative estimate of drug-likeness (QED) is 0.565. The van der Waals surface area contributed by atoms with Crippen molar-refractivity contribution in [1.82, 2.24) is 4.31 Å². The standard InChI is InChI=1S/C23H22ClNO3S/c1-16-9-6-7-12-19(16)15-25-17(2)22(18-10-4-3-5-11-18)28-23-20(24)13-8-14-21(23)29(25,26)27/h3-14,17,22H,15H2,1-2H3/t17-,22+/m1/s1. The number of ether oxygens (including phenoxy) is 1. The molecule has 1 heterocycles. The lowest BCUT2D eigenvalue weighted by Gasteiger charge is -2.31. The summed E-state index contributed by atoms with van der Waals surface area (Å²) in [5.41, 5.74) is 2.90. The highest BCUT2D eigenvalue weighted by Crippen LogP contribution is 2.43. The van der Waals surface area contributed by atoms with Crippen LogP contribution >= 0.6 is 11.6 Å². The van der Waals surface area contributed by atoms with Gasteiger partial charge in [-0.25, -0.2) is 8.42 Å². The Bertz CT molecular complexity index is 1130. The lowest BCUT2D eigenvalue weighted by molar-refractivity contribution is 0.124. The number of hydrogen-bond acceptors (Lipinski definition) is 3. The van der Waals surface area contributed by atoms with Crippen molar-refractivity contribution in [3.63, 3.8) is 0 Å². The Morgan fingerprint density at radius 3 is 2.38 bits per heavy atom. The van der Waals surface area contributed by atoms with Crippen LogP contribution in [0.15, 0.2) is 77.7 Å². The molecular formula is C23H22ClNO3S. The SMILES string of the molecule is Cc1ccccc1CN1[C@H](C)[C@@H](c2ccccc2)Oc2c(Cl)cccc2S1(=O)=O. The molecule has 0 saturated carbocycles. The third kappa shape index (κ3) is 3.66. The molecule has 0 amide bonds. The van der Waals surface area contributed by atoms with E-state index in [0.29, 0.717) is 0 Å². The molecule has 0 fully saturated rings. The van der Waals surface area contributed by atoms with Gasteiger partial charge in [0.2, 0.25) is 10.0 Å². The van der Waals surface area contributed by atoms with Gasteiger partial charge in [0.1, 0.15) is 11.0 Å². The zero-order valence-electron chi connectivity index (χ0n) is 16.2. The van der Waals surface area contributed by atoms with E-state index in [2.05, 4.69) is 0 Å². The first-order valence-corrected chi connectivity index (χ1v) is 11.3. The average molecular weight is 428 g/mol. The molecule has 0 aromatic heterocycles. The topological polar surface area (TPSA) is 46.6 Å². The van der Waals surface area contributed by atoms with Crippen molar-refractivity contribution < 1.29 is 13.2 Å². The van der Waals surface area contributed by atoms with Crippen LogP contribution in [0.25, 0.3) is 0 Å². The van der Waals surface area contributed by atoms with E-state index in [4.69, 9.17) is 16.3 Å². The molecule has 150 valence electrons. The molecule has 0 radical (unpaired) electrons. The molecule has 3 aromatic carbocycles. The second-order valence-electron chi connectivity index (χ2n) is 7.23. The first-order valence-electron chi connectivity index (χ1n) is 9.46. The van der Waals surface area contributed by atoms with Crippen molar-refractivity contribution in [3.8, 4) is 5.75 Å². The van der Waals surface area contributed by atoms with E-state index in [1.165, 1.54) is 4.31 Å². The monoisotopic (exact) mass is 427 g/mol. The minimum absolute atomic E-state index is 0.101. The molecule has 0 aliphatic carbocycles. The van der Waals surface area contributed by atoms with Gasteiger partial charge in [0.25, 0.3) is 0 Å². The Balaban J connectivity index is 1.89. The van der Waals surface area contributed by atoms with E-state index in [1.807, 2.05) is 68.4 Å². The van der Waals surface area contributed by atoms with E-state index < -0.39 is 22.2 Å². The molecule has 0 unspecified atom stereocenters. The molecule has 4 rings (SSSR count). The van der Waals surface area contributed by atoms with Gasteiger partial charge in [-0.15, -0.1) is 0 Å². The number of rotatable bonds is 3. The fourth-order valence-electron chi connectivity index (χ4n) is 3.70. The third-order valence-electron chi connectivity index (χ3n) is 5.37. The van der Waals surface area contributed by atoms with Crippen molar-refractivity contribution >= 4 is 21.6 Å². The summed E-state index contributed by atoms with van der Waals surface area (Å²) < 4.78 is 35.1. The Hall–Kier alpha value is -2.34. The molecule has 6 heteroatoms. The van der Waals surface area contributed by atoms with Crippen LogP contribution in [-0.2, 0) is 16.6 Å². The Morgan fingerprint density at radius 2 is 1.66 bits per heavy atom. The molecule has 0 bridgehead atoms. The van der Waals surface area contributed by atoms with Gasteiger partial charge in [-0.3, -0.25) is 0 Å². The Labute approximate surface area is 176 Å². The van der Waals surface area contributed by atoms with Crippen LogP contribution in [0.2, 0.25) is 5.02 Å². The average Bonchev–Trinajstić information content (AvgIpc) is 2.79. The fourth-order valence-corrected chi connectivity index (χ4v) is 5.73. The summed E-state index contributed by atoms with van der Waals surface area (Å²) in [6.07, 6.45) is -0.490. The summed E-state index contributed by atoms with van der Waals surface area (Å²) in [6.45, 7) is 4.13. The number of sulfonamides is 1. The first kappa shape index (κ1) is 20.0. The molecule has 1 aliphatic rings. The molecule has 29 heavy (non-hydrogen) atoms. The summed E-state index contributed by atoms with van der Waals surface area (Å²) in [5.74, 6) is 0.210. The Morgan fingerprint density at radius 1 is 0.966 bits per heavy atom. The predicted molar refractivity (Wildman–Crippen MR) is 115 cm³/mol. The van der Waals surface area contributed by atoms with Gasteiger partial charge in [-0.2, -0.15) is 4.31 Å². The van der Waals surface area contributed by atoms with Gasteiger partial charge in [-0.05, 0) is 42.7 Å². The van der Waals surface area contributed by atoms with Crippen LogP contribution in [-0.4, -0.2) is 18.8 Å². The molecule has 0 saturated heterocycles. The summed E-state index contributed by atoms with van der Waals surface area (Å²) in [4.78, 5) is 0.101. The van der Waals surface area contributed by atoms with Crippen molar-refractivity contribution in [2.24, 2.45) is 0 Å². The number of hydrogen-bond donors (Lipinski definition) is 0. The van der Waals surface area contributed by atoms with Crippen LogP contribution < -0.4 is 4.74 Å². The molecule has 0 N–H and O–H groups in total. The minimum atomic E-state index is -3.82. The molecule has 1 aliphatic heterocycles. The maximum absolute atomic E-state index is 13.7.